The molecule has 0 saturated carbocycles. The second-order valence-corrected chi connectivity index (χ2v) is 7.42. The summed E-state index contributed by atoms with van der Waals surface area (Å²) in [6.45, 7) is 1.02. The number of hydrogen-bond donors (Lipinski definition) is 2. The van der Waals surface area contributed by atoms with Gasteiger partial charge in [-0.2, -0.15) is 0 Å². The van der Waals surface area contributed by atoms with Gasteiger partial charge in [-0.1, -0.05) is 35.5 Å². The van der Waals surface area contributed by atoms with Gasteiger partial charge in [-0.3, -0.25) is 0 Å². The van der Waals surface area contributed by atoms with Gasteiger partial charge in [0.1, 0.15) is 18.0 Å². The van der Waals surface area contributed by atoms with Gasteiger partial charge in [0.15, 0.2) is 5.88 Å². The van der Waals surface area contributed by atoms with Crippen molar-refractivity contribution < 1.29 is 9.94 Å². The average molecular weight is 487 g/mol. The van der Waals surface area contributed by atoms with Crippen LogP contribution in [0.1, 0.15) is 11.1 Å². The number of aromatic nitrogens is 3. The largest absolute Gasteiger partial charge is 0.494 e. The van der Waals surface area contributed by atoms with E-state index in [9.17, 15) is 5.11 Å². The van der Waals surface area contributed by atoms with Crippen LogP contribution >= 0.6 is 28.3 Å². The molecule has 0 aliphatic carbocycles. The van der Waals surface area contributed by atoms with Crippen molar-refractivity contribution in [2.75, 3.05) is 6.61 Å². The monoisotopic (exact) mass is 485 g/mol. The van der Waals surface area contributed by atoms with Crippen molar-refractivity contribution in [2.45, 2.75) is 6.54 Å². The van der Waals surface area contributed by atoms with Gasteiger partial charge in [-0.05, 0) is 28.1 Å². The predicted molar refractivity (Wildman–Crippen MR) is 122 cm³/mol. The number of imidazole rings is 1. The molecule has 0 amide bonds. The van der Waals surface area contributed by atoms with Crippen LogP contribution in [-0.2, 0) is 11.4 Å². The molecule has 9 heteroatoms. The molecule has 3 heterocycles. The molecular formula is C21H17BrClN5O2. The number of para-hydroxylation sites is 2. The lowest BCUT2D eigenvalue weighted by molar-refractivity contribution is 0.136. The number of aromatic amines is 1. The number of oxime groups is 1. The van der Waals surface area contributed by atoms with E-state index in [0.29, 0.717) is 30.1 Å². The first-order chi connectivity index (χ1) is 14.2. The van der Waals surface area contributed by atoms with Gasteiger partial charge < -0.3 is 19.5 Å². The Morgan fingerprint density at radius 2 is 2.03 bits per heavy atom. The van der Waals surface area contributed by atoms with Gasteiger partial charge in [0, 0.05) is 27.8 Å². The van der Waals surface area contributed by atoms with E-state index in [1.54, 1.807) is 12.5 Å². The zero-order valence-electron chi connectivity index (χ0n) is 15.6. The lowest BCUT2D eigenvalue weighted by atomic mass is 10.0. The van der Waals surface area contributed by atoms with Crippen LogP contribution in [-0.4, -0.2) is 37.7 Å². The number of nitrogens with zero attached hydrogens (tertiary/aromatic N) is 4. The topological polar surface area (TPSA) is 87.8 Å². The molecule has 7 nitrogen and oxygen atoms in total. The first kappa shape index (κ1) is 20.2. The molecule has 0 radical (unpaired) electrons. The molecule has 2 aromatic heterocycles. The number of aromatic hydroxyl groups is 1. The molecule has 1 aliphatic rings. The summed E-state index contributed by atoms with van der Waals surface area (Å²) < 4.78 is 2.78. The van der Waals surface area contributed by atoms with Crippen LogP contribution in [0.4, 0.5) is 5.69 Å². The van der Waals surface area contributed by atoms with Gasteiger partial charge in [0.05, 0.1) is 29.6 Å². The molecule has 2 N–H and O–H groups in total. The van der Waals surface area contributed by atoms with Crippen LogP contribution in [0.25, 0.3) is 10.9 Å². The van der Waals surface area contributed by atoms with Crippen molar-refractivity contribution in [1.29, 1.82) is 0 Å². The number of halogens is 2. The van der Waals surface area contributed by atoms with E-state index in [4.69, 9.17) is 9.83 Å². The smallest absolute Gasteiger partial charge is 0.199 e. The lowest BCUT2D eigenvalue weighted by Gasteiger charge is -2.06. The van der Waals surface area contributed by atoms with Crippen molar-refractivity contribution >= 4 is 56.4 Å². The Balaban J connectivity index is 0.00000218. The molecule has 30 heavy (non-hydrogen) atoms. The minimum Gasteiger partial charge on any atom is -0.494 e. The van der Waals surface area contributed by atoms with Crippen molar-refractivity contribution in [3.8, 4) is 5.88 Å². The minimum atomic E-state index is 0. The highest BCUT2D eigenvalue weighted by atomic mass is 79.9. The fraction of sp³-hybridized carbons (Fsp3) is 0.0952. The summed E-state index contributed by atoms with van der Waals surface area (Å²) in [6.07, 6.45) is 5.33. The molecular weight excluding hydrogens is 470 g/mol. The summed E-state index contributed by atoms with van der Waals surface area (Å²) in [5.41, 5.74) is 4.25. The van der Waals surface area contributed by atoms with Crippen LogP contribution in [0, 0.1) is 0 Å². The predicted octanol–water partition coefficient (Wildman–Crippen LogP) is 4.81. The third-order valence-corrected chi connectivity index (χ3v) is 5.43. The molecule has 0 saturated heterocycles. The second-order valence-electron chi connectivity index (χ2n) is 6.56. The zero-order chi connectivity index (χ0) is 19.8. The summed E-state index contributed by atoms with van der Waals surface area (Å²) in [5.74, 6) is 0.0459. The Labute approximate surface area is 186 Å². The van der Waals surface area contributed by atoms with E-state index in [1.165, 1.54) is 0 Å². The van der Waals surface area contributed by atoms with E-state index in [-0.39, 0.29) is 18.3 Å². The number of H-pyrrole nitrogens is 1. The molecule has 0 bridgehead atoms. The van der Waals surface area contributed by atoms with Crippen LogP contribution < -0.4 is 0 Å². The molecule has 5 rings (SSSR count). The van der Waals surface area contributed by atoms with Crippen molar-refractivity contribution in [2.24, 2.45) is 10.1 Å². The Morgan fingerprint density at radius 1 is 1.17 bits per heavy atom. The van der Waals surface area contributed by atoms with Gasteiger partial charge in [0.25, 0.3) is 0 Å². The third-order valence-electron chi connectivity index (χ3n) is 4.77. The maximum absolute atomic E-state index is 10.6. The van der Waals surface area contributed by atoms with Gasteiger partial charge >= 0.3 is 0 Å². The summed E-state index contributed by atoms with van der Waals surface area (Å²) in [6, 6.07) is 13.5. The first-order valence-corrected chi connectivity index (χ1v) is 9.85. The summed E-state index contributed by atoms with van der Waals surface area (Å²) in [4.78, 5) is 17.4. The molecule has 4 aromatic rings. The molecule has 1 aliphatic heterocycles. The average Bonchev–Trinajstić information content (AvgIpc) is 3.43. The van der Waals surface area contributed by atoms with Crippen LogP contribution in [0.3, 0.4) is 0 Å². The molecule has 0 unspecified atom stereocenters. The molecule has 0 spiro atoms. The second kappa shape index (κ2) is 8.33. The summed E-state index contributed by atoms with van der Waals surface area (Å²) >= 11 is 3.52. The Bertz CT molecular complexity index is 1260. The first-order valence-electron chi connectivity index (χ1n) is 9.06. The van der Waals surface area contributed by atoms with Crippen LogP contribution in [0.2, 0.25) is 0 Å². The molecule has 0 atom stereocenters. The number of aliphatic imine (C=N–C) groups is 1. The maximum atomic E-state index is 10.6. The van der Waals surface area contributed by atoms with Crippen molar-refractivity contribution in [3.63, 3.8) is 0 Å². The van der Waals surface area contributed by atoms with Gasteiger partial charge in [0.2, 0.25) is 0 Å². The third kappa shape index (κ3) is 3.48. The standard InChI is InChI=1S/C21H16BrN5O2.ClH/c22-15-6-3-5-14-17(21(28)25-18(14)15)20-19(13-4-1-2-7-16(13)24-20)26-29-11-10-27-9-8-23-12-27;/h1-9,12,25,28H,10-11H2;1H/b26-19+;. The van der Waals surface area contributed by atoms with E-state index in [2.05, 4.69) is 31.1 Å². The van der Waals surface area contributed by atoms with Crippen LogP contribution in [0.15, 0.2) is 75.8 Å². The molecule has 0 fully saturated rings. The Kier molecular flexibility index (Phi) is 5.61. The van der Waals surface area contributed by atoms with Crippen molar-refractivity contribution in [3.05, 3.63) is 76.8 Å². The van der Waals surface area contributed by atoms with Crippen LogP contribution in [0.5, 0.6) is 5.88 Å². The summed E-state index contributed by atoms with van der Waals surface area (Å²) in [7, 11) is 0. The highest BCUT2D eigenvalue weighted by molar-refractivity contribution is 9.10. The molecule has 152 valence electrons. The normalized spacial score (nSPS) is 13.9. The lowest BCUT2D eigenvalue weighted by Crippen LogP contribution is -2.14. The van der Waals surface area contributed by atoms with E-state index >= 15 is 0 Å². The number of nitrogens with one attached hydrogen (secondary N) is 1. The Hall–Kier alpha value is -3.10. The van der Waals surface area contributed by atoms with Gasteiger partial charge in [-0.25, -0.2) is 9.98 Å². The number of rotatable bonds is 5. The van der Waals surface area contributed by atoms with E-state index in [1.807, 2.05) is 53.2 Å². The van der Waals surface area contributed by atoms with E-state index in [0.717, 1.165) is 26.6 Å². The quantitative estimate of drug-likeness (QED) is 0.313. The van der Waals surface area contributed by atoms with Gasteiger partial charge in [-0.15, -0.1) is 12.4 Å². The fourth-order valence-corrected chi connectivity index (χ4v) is 3.89. The number of hydrogen-bond acceptors (Lipinski definition) is 5. The zero-order valence-corrected chi connectivity index (χ0v) is 18.0. The highest BCUT2D eigenvalue weighted by Crippen LogP contribution is 2.37. The highest BCUT2D eigenvalue weighted by Gasteiger charge is 2.29. The van der Waals surface area contributed by atoms with Crippen molar-refractivity contribution in [1.82, 2.24) is 14.5 Å². The number of benzene rings is 2. The Morgan fingerprint density at radius 3 is 2.87 bits per heavy atom. The maximum Gasteiger partial charge on any atom is 0.199 e. The molecule has 2 aromatic carbocycles. The number of fused-ring (bicyclic) bond motifs is 2. The minimum absolute atomic E-state index is 0. The van der Waals surface area contributed by atoms with E-state index < -0.39 is 0 Å². The fourth-order valence-electron chi connectivity index (χ4n) is 3.42. The summed E-state index contributed by atoms with van der Waals surface area (Å²) in [5, 5.41) is 15.9. The SMILES string of the molecule is Cl.Oc1[nH]c2c(Br)cccc2c1C1=Nc2ccccc2/C1=N\OCCn1ccnc1.